The van der Waals surface area contributed by atoms with Crippen molar-refractivity contribution in [2.75, 3.05) is 6.54 Å². The number of hydrogen-bond acceptors (Lipinski definition) is 4. The van der Waals surface area contributed by atoms with Crippen LogP contribution in [0.25, 0.3) is 0 Å². The van der Waals surface area contributed by atoms with Gasteiger partial charge in [0.2, 0.25) is 5.91 Å². The van der Waals surface area contributed by atoms with Gasteiger partial charge in [0.15, 0.2) is 0 Å². The van der Waals surface area contributed by atoms with E-state index >= 15 is 0 Å². The molecule has 0 saturated carbocycles. The Morgan fingerprint density at radius 1 is 1.17 bits per heavy atom. The van der Waals surface area contributed by atoms with E-state index in [2.05, 4.69) is 10.6 Å². The predicted octanol–water partition coefficient (Wildman–Crippen LogP) is 1.96. The molecule has 1 aromatic rings. The highest BCUT2D eigenvalue weighted by Crippen LogP contribution is 2.10. The fourth-order valence-corrected chi connectivity index (χ4v) is 1.98. The molecule has 0 spiro atoms. The van der Waals surface area contributed by atoms with Crippen LogP contribution in [0, 0.1) is 0 Å². The average Bonchev–Trinajstić information content (AvgIpc) is 2.45. The van der Waals surface area contributed by atoms with E-state index < -0.39 is 23.7 Å². The molecular weight excluding hydrogens is 312 g/mol. The Bertz CT molecular complexity index is 590. The van der Waals surface area contributed by atoms with Gasteiger partial charge in [0, 0.05) is 13.0 Å². The van der Waals surface area contributed by atoms with Crippen molar-refractivity contribution in [3.05, 3.63) is 35.4 Å². The molecule has 0 aromatic heterocycles. The van der Waals surface area contributed by atoms with Gasteiger partial charge in [0.1, 0.15) is 11.6 Å². The molecule has 2 amide bonds. The number of nitrogens with one attached hydrogen (secondary N) is 2. The number of likely N-dealkylation sites (N-methyl/N-ethyl adjacent to an activating group) is 1. The first-order valence-corrected chi connectivity index (χ1v) is 7.72. The molecule has 24 heavy (non-hydrogen) atoms. The summed E-state index contributed by atoms with van der Waals surface area (Å²) in [4.78, 5) is 34.9. The number of aromatic carboxylic acids is 1. The molecular formula is C17H24N2O5. The van der Waals surface area contributed by atoms with Crippen LogP contribution < -0.4 is 10.6 Å². The van der Waals surface area contributed by atoms with Crippen molar-refractivity contribution >= 4 is 18.0 Å². The minimum absolute atomic E-state index is 0.161. The number of carboxylic acids is 1. The van der Waals surface area contributed by atoms with E-state index in [0.717, 1.165) is 5.56 Å². The zero-order chi connectivity index (χ0) is 18.3. The standard InChI is InChI=1S/C17H24N2O5/c1-5-18-14(20)13(19-16(23)24-17(2,3)4)10-11-6-8-12(9-7-11)15(21)22/h6-9,13H,5,10H2,1-4H3,(H,18,20)(H,19,23)(H,21,22). The highest BCUT2D eigenvalue weighted by molar-refractivity contribution is 5.88. The summed E-state index contributed by atoms with van der Waals surface area (Å²) in [5.41, 5.74) is 0.222. The van der Waals surface area contributed by atoms with E-state index in [-0.39, 0.29) is 17.9 Å². The van der Waals surface area contributed by atoms with Crippen LogP contribution in [0.5, 0.6) is 0 Å². The molecule has 0 aliphatic rings. The van der Waals surface area contributed by atoms with E-state index in [1.54, 1.807) is 39.8 Å². The van der Waals surface area contributed by atoms with Gasteiger partial charge in [-0.25, -0.2) is 9.59 Å². The molecule has 3 N–H and O–H groups in total. The van der Waals surface area contributed by atoms with Gasteiger partial charge in [-0.15, -0.1) is 0 Å². The molecule has 1 aromatic carbocycles. The first-order chi connectivity index (χ1) is 11.1. The Morgan fingerprint density at radius 3 is 2.21 bits per heavy atom. The van der Waals surface area contributed by atoms with Gasteiger partial charge in [-0.2, -0.15) is 0 Å². The molecule has 1 unspecified atom stereocenters. The lowest BCUT2D eigenvalue weighted by atomic mass is 10.0. The lowest BCUT2D eigenvalue weighted by Crippen LogP contribution is -2.49. The van der Waals surface area contributed by atoms with Gasteiger partial charge in [-0.3, -0.25) is 4.79 Å². The number of carbonyl (C=O) groups excluding carboxylic acids is 2. The van der Waals surface area contributed by atoms with Crippen LogP contribution in [-0.4, -0.2) is 41.3 Å². The zero-order valence-corrected chi connectivity index (χ0v) is 14.4. The molecule has 0 radical (unpaired) electrons. The van der Waals surface area contributed by atoms with Crippen molar-refractivity contribution in [1.29, 1.82) is 0 Å². The van der Waals surface area contributed by atoms with Crippen LogP contribution in [-0.2, 0) is 16.0 Å². The van der Waals surface area contributed by atoms with E-state index in [1.165, 1.54) is 12.1 Å². The Labute approximate surface area is 141 Å². The molecule has 0 fully saturated rings. The van der Waals surface area contributed by atoms with Crippen LogP contribution >= 0.6 is 0 Å². The zero-order valence-electron chi connectivity index (χ0n) is 14.4. The minimum atomic E-state index is -1.02. The molecule has 0 aliphatic carbocycles. The van der Waals surface area contributed by atoms with Crippen LogP contribution in [0.4, 0.5) is 4.79 Å². The number of alkyl carbamates (subject to hydrolysis) is 1. The first-order valence-electron chi connectivity index (χ1n) is 7.72. The number of amides is 2. The number of carboxylic acid groups (broad SMARTS) is 1. The molecule has 0 bridgehead atoms. The monoisotopic (exact) mass is 336 g/mol. The van der Waals surface area contributed by atoms with Crippen LogP contribution in [0.2, 0.25) is 0 Å². The Morgan fingerprint density at radius 2 is 1.75 bits per heavy atom. The summed E-state index contributed by atoms with van der Waals surface area (Å²) in [6.07, 6.45) is -0.453. The molecule has 0 heterocycles. The van der Waals surface area contributed by atoms with Crippen LogP contribution in [0.15, 0.2) is 24.3 Å². The van der Waals surface area contributed by atoms with Crippen molar-refractivity contribution in [3.63, 3.8) is 0 Å². The van der Waals surface area contributed by atoms with Gasteiger partial charge >= 0.3 is 12.1 Å². The van der Waals surface area contributed by atoms with Crippen molar-refractivity contribution in [2.45, 2.75) is 45.8 Å². The lowest BCUT2D eigenvalue weighted by Gasteiger charge is -2.23. The maximum absolute atomic E-state index is 12.1. The summed E-state index contributed by atoms with van der Waals surface area (Å²) in [7, 11) is 0. The number of rotatable bonds is 6. The summed E-state index contributed by atoms with van der Waals surface area (Å²) >= 11 is 0. The van der Waals surface area contributed by atoms with E-state index in [0.29, 0.717) is 6.54 Å². The maximum atomic E-state index is 12.1. The second kappa shape index (κ2) is 8.33. The second-order valence-electron chi connectivity index (χ2n) is 6.30. The van der Waals surface area contributed by atoms with Gasteiger partial charge in [0.25, 0.3) is 0 Å². The van der Waals surface area contributed by atoms with Gasteiger partial charge in [0.05, 0.1) is 5.56 Å². The summed E-state index contributed by atoms with van der Waals surface area (Å²) in [6.45, 7) is 7.42. The summed E-state index contributed by atoms with van der Waals surface area (Å²) in [5, 5.41) is 14.1. The SMILES string of the molecule is CCNC(=O)C(Cc1ccc(C(=O)O)cc1)NC(=O)OC(C)(C)C. The third-order valence-electron chi connectivity index (χ3n) is 3.00. The van der Waals surface area contributed by atoms with Crippen molar-refractivity contribution in [2.24, 2.45) is 0 Å². The highest BCUT2D eigenvalue weighted by atomic mass is 16.6. The number of carbonyl (C=O) groups is 3. The second-order valence-corrected chi connectivity index (χ2v) is 6.30. The van der Waals surface area contributed by atoms with E-state index in [1.807, 2.05) is 0 Å². The average molecular weight is 336 g/mol. The van der Waals surface area contributed by atoms with Gasteiger partial charge in [-0.1, -0.05) is 12.1 Å². The number of benzene rings is 1. The molecule has 0 saturated heterocycles. The van der Waals surface area contributed by atoms with E-state index in [4.69, 9.17) is 9.84 Å². The molecule has 7 nitrogen and oxygen atoms in total. The highest BCUT2D eigenvalue weighted by Gasteiger charge is 2.24. The summed E-state index contributed by atoms with van der Waals surface area (Å²) < 4.78 is 5.18. The number of hydrogen-bond donors (Lipinski definition) is 3. The molecule has 0 aliphatic heterocycles. The lowest BCUT2D eigenvalue weighted by molar-refractivity contribution is -0.123. The largest absolute Gasteiger partial charge is 0.478 e. The summed E-state index contributed by atoms with van der Waals surface area (Å²) in [6, 6.07) is 5.34. The topological polar surface area (TPSA) is 105 Å². The smallest absolute Gasteiger partial charge is 0.408 e. The molecule has 1 atom stereocenters. The third-order valence-corrected chi connectivity index (χ3v) is 3.00. The Hall–Kier alpha value is -2.57. The minimum Gasteiger partial charge on any atom is -0.478 e. The quantitative estimate of drug-likeness (QED) is 0.736. The van der Waals surface area contributed by atoms with Crippen molar-refractivity contribution in [3.8, 4) is 0 Å². The van der Waals surface area contributed by atoms with E-state index in [9.17, 15) is 14.4 Å². The molecule has 7 heteroatoms. The summed E-state index contributed by atoms with van der Waals surface area (Å²) in [5.74, 6) is -1.35. The van der Waals surface area contributed by atoms with Crippen molar-refractivity contribution < 1.29 is 24.2 Å². The Balaban J connectivity index is 2.84. The normalized spacial score (nSPS) is 12.2. The Kier molecular flexibility index (Phi) is 6.76. The molecule has 1 rings (SSSR count). The fraction of sp³-hybridized carbons (Fsp3) is 0.471. The predicted molar refractivity (Wildman–Crippen MR) is 88.9 cm³/mol. The number of ether oxygens (including phenoxy) is 1. The maximum Gasteiger partial charge on any atom is 0.408 e. The van der Waals surface area contributed by atoms with Crippen molar-refractivity contribution in [1.82, 2.24) is 10.6 Å². The van der Waals surface area contributed by atoms with Gasteiger partial charge < -0.3 is 20.5 Å². The fourth-order valence-electron chi connectivity index (χ4n) is 1.98. The van der Waals surface area contributed by atoms with Gasteiger partial charge in [-0.05, 0) is 45.4 Å². The van der Waals surface area contributed by atoms with Crippen LogP contribution in [0.3, 0.4) is 0 Å². The third kappa shape index (κ3) is 6.68. The first kappa shape index (κ1) is 19.5. The molecule has 132 valence electrons. The van der Waals surface area contributed by atoms with Crippen LogP contribution in [0.1, 0.15) is 43.6 Å².